The zero-order valence-electron chi connectivity index (χ0n) is 8.09. The van der Waals surface area contributed by atoms with Gasteiger partial charge in [-0.3, -0.25) is 4.90 Å². The molecule has 0 saturated carbocycles. The van der Waals surface area contributed by atoms with Crippen LogP contribution in [0.1, 0.15) is 0 Å². The van der Waals surface area contributed by atoms with E-state index in [0.717, 1.165) is 45.1 Å². The molecule has 74 valence electrons. The van der Waals surface area contributed by atoms with Crippen molar-refractivity contribution in [3.8, 4) is 0 Å². The molecule has 0 unspecified atom stereocenters. The molecule has 1 aliphatic heterocycles. The monoisotopic (exact) mass is 182 g/mol. The highest BCUT2D eigenvalue weighted by Gasteiger charge is 2.08. The van der Waals surface area contributed by atoms with Crippen molar-refractivity contribution in [3.05, 3.63) is 24.9 Å². The number of allylic oxidation sites excluding steroid dienone is 1. The van der Waals surface area contributed by atoms with Gasteiger partial charge in [-0.2, -0.15) is 0 Å². The molecular formula is C10H18N2O. The van der Waals surface area contributed by atoms with Crippen LogP contribution in [0.2, 0.25) is 0 Å². The Labute approximate surface area is 80.1 Å². The molecule has 0 aromatic heterocycles. The molecule has 1 fully saturated rings. The fourth-order valence-electron chi connectivity index (χ4n) is 1.27. The summed E-state index contributed by atoms with van der Waals surface area (Å²) in [5.74, 6) is 0. The Hall–Kier alpha value is -0.800. The lowest BCUT2D eigenvalue weighted by Crippen LogP contribution is -2.40. The highest BCUT2D eigenvalue weighted by Crippen LogP contribution is 1.95. The predicted octanol–water partition coefficient (Wildman–Crippen LogP) is 0.608. The molecule has 0 radical (unpaired) electrons. The van der Waals surface area contributed by atoms with E-state index in [4.69, 9.17) is 4.74 Å². The van der Waals surface area contributed by atoms with Crippen LogP contribution in [-0.2, 0) is 4.74 Å². The Bertz CT molecular complexity index is 174. The van der Waals surface area contributed by atoms with Crippen molar-refractivity contribution in [1.82, 2.24) is 10.2 Å². The topological polar surface area (TPSA) is 24.5 Å². The smallest absolute Gasteiger partial charge is 0.0594 e. The van der Waals surface area contributed by atoms with Crippen molar-refractivity contribution in [2.75, 3.05) is 39.4 Å². The van der Waals surface area contributed by atoms with E-state index < -0.39 is 0 Å². The van der Waals surface area contributed by atoms with Crippen molar-refractivity contribution in [2.45, 2.75) is 0 Å². The van der Waals surface area contributed by atoms with Crippen molar-refractivity contribution in [2.24, 2.45) is 0 Å². The highest BCUT2D eigenvalue weighted by atomic mass is 16.5. The average Bonchev–Trinajstić information content (AvgIpc) is 2.19. The number of morpholine rings is 1. The summed E-state index contributed by atoms with van der Waals surface area (Å²) in [5, 5.41) is 3.18. The minimum absolute atomic E-state index is 0.863. The molecule has 0 aromatic carbocycles. The second-order valence-corrected chi connectivity index (χ2v) is 3.11. The number of hydrogen-bond donors (Lipinski definition) is 1. The molecule has 1 N–H and O–H groups in total. The Balaban J connectivity index is 2.04. The lowest BCUT2D eigenvalue weighted by atomic mass is 10.4. The molecule has 3 heteroatoms. The molecule has 0 aromatic rings. The van der Waals surface area contributed by atoms with Gasteiger partial charge in [-0.25, -0.2) is 0 Å². The minimum Gasteiger partial charge on any atom is -0.384 e. The molecule has 1 heterocycles. The van der Waals surface area contributed by atoms with E-state index in [0.29, 0.717) is 0 Å². The number of ether oxygens (including phenoxy) is 1. The quantitative estimate of drug-likeness (QED) is 0.630. The van der Waals surface area contributed by atoms with Crippen molar-refractivity contribution >= 4 is 0 Å². The second-order valence-electron chi connectivity index (χ2n) is 3.11. The van der Waals surface area contributed by atoms with Gasteiger partial charge in [0, 0.05) is 31.9 Å². The van der Waals surface area contributed by atoms with Crippen LogP contribution in [0.5, 0.6) is 0 Å². The first kappa shape index (κ1) is 10.3. The maximum absolute atomic E-state index is 5.25. The van der Waals surface area contributed by atoms with Crippen molar-refractivity contribution in [3.63, 3.8) is 0 Å². The second kappa shape index (κ2) is 5.78. The predicted molar refractivity (Wildman–Crippen MR) is 54.6 cm³/mol. The average molecular weight is 182 g/mol. The molecule has 3 nitrogen and oxygen atoms in total. The van der Waals surface area contributed by atoms with Gasteiger partial charge < -0.3 is 10.1 Å². The highest BCUT2D eigenvalue weighted by molar-refractivity contribution is 5.07. The molecule has 0 amide bonds. The summed E-state index contributed by atoms with van der Waals surface area (Å²) >= 11 is 0. The van der Waals surface area contributed by atoms with Gasteiger partial charge in [-0.15, -0.1) is 0 Å². The van der Waals surface area contributed by atoms with Crippen LogP contribution in [0.15, 0.2) is 24.9 Å². The van der Waals surface area contributed by atoms with E-state index in [2.05, 4.69) is 23.4 Å². The van der Waals surface area contributed by atoms with Gasteiger partial charge in [0.2, 0.25) is 0 Å². The van der Waals surface area contributed by atoms with Crippen LogP contribution >= 0.6 is 0 Å². The van der Waals surface area contributed by atoms with Gasteiger partial charge in [-0.05, 0) is 6.08 Å². The Morgan fingerprint density at radius 2 is 2.15 bits per heavy atom. The maximum atomic E-state index is 5.25. The lowest BCUT2D eigenvalue weighted by molar-refractivity contribution is 0.0387. The zero-order chi connectivity index (χ0) is 9.52. The first-order valence-corrected chi connectivity index (χ1v) is 4.68. The van der Waals surface area contributed by atoms with Gasteiger partial charge >= 0.3 is 0 Å². The first-order valence-electron chi connectivity index (χ1n) is 4.68. The molecule has 1 saturated heterocycles. The van der Waals surface area contributed by atoms with Crippen LogP contribution in [0.4, 0.5) is 0 Å². The van der Waals surface area contributed by atoms with Gasteiger partial charge in [0.1, 0.15) is 0 Å². The molecule has 0 atom stereocenters. The largest absolute Gasteiger partial charge is 0.384 e. The van der Waals surface area contributed by atoms with Crippen LogP contribution < -0.4 is 5.32 Å². The number of nitrogens with one attached hydrogen (secondary N) is 1. The number of rotatable bonds is 5. The van der Waals surface area contributed by atoms with E-state index in [1.54, 1.807) is 6.08 Å². The summed E-state index contributed by atoms with van der Waals surface area (Å²) in [6.45, 7) is 13.2. The zero-order valence-corrected chi connectivity index (χ0v) is 8.09. The third-order valence-corrected chi connectivity index (χ3v) is 2.13. The van der Waals surface area contributed by atoms with E-state index in [1.165, 1.54) is 0 Å². The lowest BCUT2D eigenvalue weighted by Gasteiger charge is -2.26. The van der Waals surface area contributed by atoms with Crippen LogP contribution in [-0.4, -0.2) is 44.3 Å². The van der Waals surface area contributed by atoms with Crippen molar-refractivity contribution in [1.29, 1.82) is 0 Å². The van der Waals surface area contributed by atoms with Crippen LogP contribution in [0, 0.1) is 0 Å². The molecule has 0 bridgehead atoms. The fraction of sp³-hybridized carbons (Fsp3) is 0.600. The number of nitrogens with zero attached hydrogens (tertiary/aromatic N) is 1. The van der Waals surface area contributed by atoms with Crippen molar-refractivity contribution < 1.29 is 4.74 Å². The first-order chi connectivity index (χ1) is 6.33. The standard InChI is InChI=1S/C10H18N2O/c1-3-10(2)11-4-5-12-6-8-13-9-7-12/h3,11H,1-2,4-9H2. The molecule has 0 spiro atoms. The Kier molecular flexibility index (Phi) is 4.57. The molecule has 1 rings (SSSR count). The third-order valence-electron chi connectivity index (χ3n) is 2.13. The number of hydrogen-bond acceptors (Lipinski definition) is 3. The summed E-state index contributed by atoms with van der Waals surface area (Å²) in [6, 6.07) is 0. The van der Waals surface area contributed by atoms with Crippen LogP contribution in [0.25, 0.3) is 0 Å². The molecule has 0 aliphatic carbocycles. The van der Waals surface area contributed by atoms with Gasteiger partial charge in [-0.1, -0.05) is 13.2 Å². The van der Waals surface area contributed by atoms with E-state index in [-0.39, 0.29) is 0 Å². The van der Waals surface area contributed by atoms with E-state index in [9.17, 15) is 0 Å². The SMILES string of the molecule is C=CC(=C)NCCN1CCOCC1. The summed E-state index contributed by atoms with van der Waals surface area (Å²) in [5.41, 5.74) is 0.897. The minimum atomic E-state index is 0.863. The molecule has 13 heavy (non-hydrogen) atoms. The summed E-state index contributed by atoms with van der Waals surface area (Å²) in [4.78, 5) is 2.38. The summed E-state index contributed by atoms with van der Waals surface area (Å²) in [7, 11) is 0. The summed E-state index contributed by atoms with van der Waals surface area (Å²) < 4.78 is 5.25. The Morgan fingerprint density at radius 1 is 1.46 bits per heavy atom. The van der Waals surface area contributed by atoms with Gasteiger partial charge in [0.25, 0.3) is 0 Å². The van der Waals surface area contributed by atoms with E-state index in [1.807, 2.05) is 0 Å². The van der Waals surface area contributed by atoms with Gasteiger partial charge in [0.15, 0.2) is 0 Å². The van der Waals surface area contributed by atoms with Gasteiger partial charge in [0.05, 0.1) is 13.2 Å². The van der Waals surface area contributed by atoms with Crippen LogP contribution in [0.3, 0.4) is 0 Å². The van der Waals surface area contributed by atoms with E-state index >= 15 is 0 Å². The maximum Gasteiger partial charge on any atom is 0.0594 e. The third kappa shape index (κ3) is 4.10. The fourth-order valence-corrected chi connectivity index (χ4v) is 1.27. The normalized spacial score (nSPS) is 18.2. The Morgan fingerprint density at radius 3 is 2.77 bits per heavy atom. The molecule has 1 aliphatic rings. The molecular weight excluding hydrogens is 164 g/mol. The summed E-state index contributed by atoms with van der Waals surface area (Å²) in [6.07, 6.45) is 1.74.